The molecular weight excluding hydrogens is 248 g/mol. The summed E-state index contributed by atoms with van der Waals surface area (Å²) in [6, 6.07) is 3.04. The topological polar surface area (TPSA) is 75.4 Å². The number of rotatable bonds is 5. The molecule has 0 spiro atoms. The van der Waals surface area contributed by atoms with Crippen LogP contribution in [-0.4, -0.2) is 29.1 Å². The van der Waals surface area contributed by atoms with Gasteiger partial charge in [0, 0.05) is 11.3 Å². The first-order valence-corrected chi connectivity index (χ1v) is 7.21. The number of carbonyl (C=O) groups is 1. The molecule has 0 saturated carbocycles. The number of hydrogen-bond donors (Lipinski definition) is 3. The summed E-state index contributed by atoms with van der Waals surface area (Å²) < 4.78 is 0. The van der Waals surface area contributed by atoms with Gasteiger partial charge in [0.25, 0.3) is 0 Å². The second-order valence-corrected chi connectivity index (χ2v) is 5.27. The van der Waals surface area contributed by atoms with Gasteiger partial charge in [-0.1, -0.05) is 6.07 Å². The Bertz CT molecular complexity index is 435. The average molecular weight is 268 g/mol. The van der Waals surface area contributed by atoms with Gasteiger partial charge in [0.05, 0.1) is 6.04 Å². The molecule has 0 aliphatic carbocycles. The molecule has 1 rings (SSSR count). The number of thioether (sulfide) groups is 1. The van der Waals surface area contributed by atoms with Crippen molar-refractivity contribution in [2.24, 2.45) is 5.73 Å². The number of nitrogens with one attached hydrogen (secondary N) is 1. The van der Waals surface area contributed by atoms with Crippen molar-refractivity contribution in [3.8, 4) is 5.75 Å². The number of anilines is 1. The van der Waals surface area contributed by atoms with E-state index in [1.165, 1.54) is 0 Å². The summed E-state index contributed by atoms with van der Waals surface area (Å²) in [6.07, 6.45) is 2.62. The van der Waals surface area contributed by atoms with Crippen molar-refractivity contribution in [2.75, 3.05) is 17.3 Å². The first-order valence-electron chi connectivity index (χ1n) is 5.82. The Morgan fingerprint density at radius 1 is 1.50 bits per heavy atom. The van der Waals surface area contributed by atoms with Crippen LogP contribution in [0.3, 0.4) is 0 Å². The van der Waals surface area contributed by atoms with Gasteiger partial charge in [0.15, 0.2) is 0 Å². The molecule has 100 valence electrons. The standard InChI is InChI=1S/C13H20N2O2S/c1-8-4-5-11(9(2)12(8)16)15-13(17)10(14)6-7-18-3/h4-5,10,16H,6-7,14H2,1-3H3,(H,15,17)/t10-/m0/s1. The normalized spacial score (nSPS) is 12.2. The minimum Gasteiger partial charge on any atom is -0.507 e. The number of nitrogens with two attached hydrogens (primary N) is 1. The zero-order valence-electron chi connectivity index (χ0n) is 11.0. The Kier molecular flexibility index (Phi) is 5.50. The largest absolute Gasteiger partial charge is 0.507 e. The second-order valence-electron chi connectivity index (χ2n) is 4.28. The van der Waals surface area contributed by atoms with Crippen LogP contribution in [0.4, 0.5) is 5.69 Å². The molecule has 0 bridgehead atoms. The number of carbonyl (C=O) groups excluding carboxylic acids is 1. The summed E-state index contributed by atoms with van der Waals surface area (Å²) in [5, 5.41) is 12.5. The first-order chi connectivity index (χ1) is 8.47. The van der Waals surface area contributed by atoms with Gasteiger partial charge in [-0.25, -0.2) is 0 Å². The van der Waals surface area contributed by atoms with E-state index in [0.29, 0.717) is 17.7 Å². The molecule has 1 aromatic carbocycles. The van der Waals surface area contributed by atoms with E-state index < -0.39 is 6.04 Å². The predicted molar refractivity (Wildman–Crippen MR) is 77.2 cm³/mol. The molecule has 0 unspecified atom stereocenters. The molecule has 18 heavy (non-hydrogen) atoms. The maximum atomic E-state index is 11.8. The molecule has 5 heteroatoms. The van der Waals surface area contributed by atoms with Crippen LogP contribution in [0.5, 0.6) is 5.75 Å². The third kappa shape index (κ3) is 3.65. The fourth-order valence-electron chi connectivity index (χ4n) is 1.57. The molecule has 4 nitrogen and oxygen atoms in total. The van der Waals surface area contributed by atoms with Crippen LogP contribution in [-0.2, 0) is 4.79 Å². The lowest BCUT2D eigenvalue weighted by atomic mass is 10.1. The summed E-state index contributed by atoms with van der Waals surface area (Å²) in [7, 11) is 0. The van der Waals surface area contributed by atoms with E-state index in [1.807, 2.05) is 13.2 Å². The Morgan fingerprint density at radius 2 is 2.17 bits per heavy atom. The number of hydrogen-bond acceptors (Lipinski definition) is 4. The molecular formula is C13H20N2O2S. The van der Waals surface area contributed by atoms with E-state index in [9.17, 15) is 9.90 Å². The van der Waals surface area contributed by atoms with Crippen LogP contribution in [0.1, 0.15) is 17.5 Å². The Morgan fingerprint density at radius 3 is 2.78 bits per heavy atom. The summed E-state index contributed by atoms with van der Waals surface area (Å²) in [5.41, 5.74) is 7.85. The second kappa shape index (κ2) is 6.66. The quantitative estimate of drug-likeness (QED) is 0.764. The highest BCUT2D eigenvalue weighted by Crippen LogP contribution is 2.28. The predicted octanol–water partition coefficient (Wildman–Crippen LogP) is 2.03. The lowest BCUT2D eigenvalue weighted by molar-refractivity contribution is -0.117. The van der Waals surface area contributed by atoms with Gasteiger partial charge in [0.2, 0.25) is 5.91 Å². The maximum Gasteiger partial charge on any atom is 0.241 e. The van der Waals surface area contributed by atoms with Crippen LogP contribution >= 0.6 is 11.8 Å². The van der Waals surface area contributed by atoms with Crippen LogP contribution in [0.25, 0.3) is 0 Å². The number of phenolic OH excluding ortho intramolecular Hbond substituents is 1. The van der Waals surface area contributed by atoms with Crippen molar-refractivity contribution in [3.05, 3.63) is 23.3 Å². The molecule has 0 heterocycles. The number of amides is 1. The molecule has 1 atom stereocenters. The van der Waals surface area contributed by atoms with Crippen molar-refractivity contribution in [2.45, 2.75) is 26.3 Å². The molecule has 0 aromatic heterocycles. The summed E-state index contributed by atoms with van der Waals surface area (Å²) in [4.78, 5) is 11.8. The fourth-order valence-corrected chi connectivity index (χ4v) is 2.06. The minimum absolute atomic E-state index is 0.213. The molecule has 1 amide bonds. The highest BCUT2D eigenvalue weighted by Gasteiger charge is 2.15. The monoisotopic (exact) mass is 268 g/mol. The molecule has 0 aliphatic rings. The average Bonchev–Trinajstić information content (AvgIpc) is 2.36. The fraction of sp³-hybridized carbons (Fsp3) is 0.462. The van der Waals surface area contributed by atoms with Crippen molar-refractivity contribution in [1.82, 2.24) is 0 Å². The van der Waals surface area contributed by atoms with Gasteiger partial charge in [0.1, 0.15) is 5.75 Å². The molecule has 4 N–H and O–H groups in total. The van der Waals surface area contributed by atoms with E-state index in [-0.39, 0.29) is 11.7 Å². The number of phenols is 1. The minimum atomic E-state index is -0.514. The SMILES string of the molecule is CSCC[C@H](N)C(=O)Nc1ccc(C)c(O)c1C. The van der Waals surface area contributed by atoms with Crippen LogP contribution in [0, 0.1) is 13.8 Å². The zero-order chi connectivity index (χ0) is 13.7. The van der Waals surface area contributed by atoms with Crippen molar-refractivity contribution < 1.29 is 9.90 Å². The molecule has 0 fully saturated rings. The number of aryl methyl sites for hydroxylation is 1. The smallest absolute Gasteiger partial charge is 0.241 e. The summed E-state index contributed by atoms with van der Waals surface area (Å²) in [5.74, 6) is 0.855. The zero-order valence-corrected chi connectivity index (χ0v) is 11.8. The van der Waals surface area contributed by atoms with Gasteiger partial charge >= 0.3 is 0 Å². The van der Waals surface area contributed by atoms with E-state index in [4.69, 9.17) is 5.73 Å². The van der Waals surface area contributed by atoms with E-state index in [0.717, 1.165) is 11.3 Å². The van der Waals surface area contributed by atoms with Crippen LogP contribution in [0.15, 0.2) is 12.1 Å². The van der Waals surface area contributed by atoms with E-state index in [1.54, 1.807) is 30.8 Å². The van der Waals surface area contributed by atoms with Gasteiger partial charge < -0.3 is 16.2 Å². The van der Waals surface area contributed by atoms with E-state index >= 15 is 0 Å². The molecule has 0 saturated heterocycles. The van der Waals surface area contributed by atoms with Crippen molar-refractivity contribution in [1.29, 1.82) is 0 Å². The molecule has 1 aromatic rings. The Balaban J connectivity index is 2.73. The van der Waals surface area contributed by atoms with Crippen LogP contribution in [0.2, 0.25) is 0 Å². The summed E-state index contributed by atoms with van der Waals surface area (Å²) in [6.45, 7) is 3.59. The van der Waals surface area contributed by atoms with Crippen LogP contribution < -0.4 is 11.1 Å². The van der Waals surface area contributed by atoms with E-state index in [2.05, 4.69) is 5.32 Å². The Hall–Kier alpha value is -1.20. The molecule has 0 radical (unpaired) electrons. The maximum absolute atomic E-state index is 11.8. The first kappa shape index (κ1) is 14.9. The number of benzene rings is 1. The lowest BCUT2D eigenvalue weighted by Gasteiger charge is -2.14. The lowest BCUT2D eigenvalue weighted by Crippen LogP contribution is -2.36. The van der Waals surface area contributed by atoms with Gasteiger partial charge in [-0.05, 0) is 43.9 Å². The highest BCUT2D eigenvalue weighted by atomic mass is 32.2. The van der Waals surface area contributed by atoms with Gasteiger partial charge in [-0.2, -0.15) is 11.8 Å². The van der Waals surface area contributed by atoms with Crippen molar-refractivity contribution in [3.63, 3.8) is 0 Å². The van der Waals surface area contributed by atoms with Gasteiger partial charge in [-0.15, -0.1) is 0 Å². The van der Waals surface area contributed by atoms with Crippen molar-refractivity contribution >= 4 is 23.4 Å². The number of aromatic hydroxyl groups is 1. The third-order valence-electron chi connectivity index (χ3n) is 2.86. The van der Waals surface area contributed by atoms with Gasteiger partial charge in [-0.3, -0.25) is 4.79 Å². The summed E-state index contributed by atoms with van der Waals surface area (Å²) >= 11 is 1.66. The highest BCUT2D eigenvalue weighted by molar-refractivity contribution is 7.98. The third-order valence-corrected chi connectivity index (χ3v) is 3.50. The molecule has 0 aliphatic heterocycles. The Labute approximate surface area is 112 Å².